The van der Waals surface area contributed by atoms with Gasteiger partial charge in [-0.05, 0) is 38.5 Å². The van der Waals surface area contributed by atoms with Crippen molar-refractivity contribution in [2.45, 2.75) is 117 Å². The van der Waals surface area contributed by atoms with Gasteiger partial charge in [-0.2, -0.15) is 0 Å². The van der Waals surface area contributed by atoms with Crippen LogP contribution in [0.4, 0.5) is 9.59 Å². The lowest BCUT2D eigenvalue weighted by Gasteiger charge is -2.29. The summed E-state index contributed by atoms with van der Waals surface area (Å²) in [4.78, 5) is 50.0. The molecule has 2 aromatic heterocycles. The third kappa shape index (κ3) is 13.2. The molecule has 0 aliphatic carbocycles. The maximum atomic E-state index is 13.6. The van der Waals surface area contributed by atoms with Gasteiger partial charge in [-0.1, -0.05) is 41.5 Å². The van der Waals surface area contributed by atoms with Gasteiger partial charge in [0.05, 0.1) is 33.7 Å². The second-order valence-corrected chi connectivity index (χ2v) is 13.4. The predicted molar refractivity (Wildman–Crippen MR) is 171 cm³/mol. The van der Waals surface area contributed by atoms with Gasteiger partial charge in [0, 0.05) is 43.2 Å². The molecule has 242 valence electrons. The molecule has 0 aliphatic heterocycles. The minimum atomic E-state index is -0.883. The summed E-state index contributed by atoms with van der Waals surface area (Å²) in [6.45, 7) is 15.0. The highest BCUT2D eigenvalue weighted by Crippen LogP contribution is 2.20. The lowest BCUT2D eigenvalue weighted by atomic mass is 10.0. The molecule has 0 bridgehead atoms. The molecule has 1 unspecified atom stereocenters. The zero-order chi connectivity index (χ0) is 31.9. The van der Waals surface area contributed by atoms with Gasteiger partial charge in [-0.3, -0.25) is 9.78 Å². The van der Waals surface area contributed by atoms with Gasteiger partial charge in [-0.15, -0.1) is 22.7 Å². The van der Waals surface area contributed by atoms with Crippen molar-refractivity contribution in [2.75, 3.05) is 13.7 Å². The largest absolute Gasteiger partial charge is 0.444 e. The van der Waals surface area contributed by atoms with E-state index in [1.54, 1.807) is 37.0 Å². The lowest BCUT2D eigenvalue weighted by molar-refractivity contribution is -0.127. The van der Waals surface area contributed by atoms with Gasteiger partial charge in [0.15, 0.2) is 0 Å². The van der Waals surface area contributed by atoms with E-state index >= 15 is 0 Å². The van der Waals surface area contributed by atoms with Crippen LogP contribution in [0, 0.1) is 5.92 Å². The highest BCUT2D eigenvalue weighted by Gasteiger charge is 2.30. The second-order valence-electron chi connectivity index (χ2n) is 11.5. The number of hydrogen-bond acceptors (Lipinski definition) is 9. The first-order chi connectivity index (χ1) is 20.4. The Labute approximate surface area is 264 Å². The van der Waals surface area contributed by atoms with Gasteiger partial charge in [0.25, 0.3) is 0 Å². The fourth-order valence-electron chi connectivity index (χ4n) is 4.16. The van der Waals surface area contributed by atoms with Gasteiger partial charge < -0.3 is 30.3 Å². The third-order valence-corrected chi connectivity index (χ3v) is 8.83. The van der Waals surface area contributed by atoms with Crippen molar-refractivity contribution in [3.05, 3.63) is 32.7 Å². The van der Waals surface area contributed by atoms with E-state index in [0.717, 1.165) is 22.0 Å². The Morgan fingerprint density at radius 1 is 0.977 bits per heavy atom. The van der Waals surface area contributed by atoms with Crippen LogP contribution in [0.3, 0.4) is 0 Å². The van der Waals surface area contributed by atoms with Crippen LogP contribution in [0.2, 0.25) is 0 Å². The second kappa shape index (κ2) is 18.8. The Bertz CT molecular complexity index is 1110. The molecule has 3 N–H and O–H groups in total. The quantitative estimate of drug-likeness (QED) is 0.191. The van der Waals surface area contributed by atoms with Crippen molar-refractivity contribution in [3.8, 4) is 0 Å². The topological polar surface area (TPSA) is 135 Å². The van der Waals surface area contributed by atoms with Crippen LogP contribution in [-0.2, 0) is 27.4 Å². The zero-order valence-electron chi connectivity index (χ0n) is 26.8. The summed E-state index contributed by atoms with van der Waals surface area (Å²) < 4.78 is 11.3. The highest BCUT2D eigenvalue weighted by molar-refractivity contribution is 7.09. The zero-order valence-corrected chi connectivity index (χ0v) is 28.5. The Kier molecular flexibility index (Phi) is 15.9. The smallest absolute Gasteiger partial charge is 0.407 e. The van der Waals surface area contributed by atoms with Crippen molar-refractivity contribution >= 4 is 40.7 Å². The molecule has 0 spiro atoms. The molecule has 4 amide bonds. The highest BCUT2D eigenvalue weighted by atomic mass is 32.1. The molecule has 0 aromatic carbocycles. The predicted octanol–water partition coefficient (Wildman–Crippen LogP) is 5.67. The number of carbonyl (C=O) groups is 3. The number of aromatic nitrogens is 2. The number of rotatable bonds is 18. The molecule has 0 saturated heterocycles. The van der Waals surface area contributed by atoms with E-state index in [1.807, 2.05) is 33.1 Å². The van der Waals surface area contributed by atoms with Crippen LogP contribution in [0.15, 0.2) is 17.1 Å². The Balaban J connectivity index is 1.97. The number of nitrogens with one attached hydrogen (secondary N) is 3. The van der Waals surface area contributed by atoms with Crippen molar-refractivity contribution in [1.82, 2.24) is 30.8 Å². The molecule has 11 nitrogen and oxygen atoms in total. The minimum absolute atomic E-state index is 0.0979. The number of thiazole rings is 2. The van der Waals surface area contributed by atoms with E-state index in [1.165, 1.54) is 16.2 Å². The van der Waals surface area contributed by atoms with Gasteiger partial charge >= 0.3 is 12.1 Å². The molecule has 2 heterocycles. The Morgan fingerprint density at radius 3 is 2.21 bits per heavy atom. The molecular formula is C30H50N6O5S2. The maximum Gasteiger partial charge on any atom is 0.407 e. The van der Waals surface area contributed by atoms with E-state index in [9.17, 15) is 14.4 Å². The average molecular weight is 639 g/mol. The standard InChI is InChI=1S/C30H50N6O5S2/c1-9-22(11-12-23(10-2)34-30(39)41-16-25-13-31-18-43-25)32-27(37)26(21(7)40-15-19(3)4)35-29(38)36(8)14-24-17-42-28(33-24)20(5)6/h13,17-23,26H,9-12,14-16H2,1-8H3,(H,32,37)(H,34,39)(H,35,38)/t21?,22-,23-,26-/m0/s1. The van der Waals surface area contributed by atoms with E-state index in [2.05, 4.69) is 39.8 Å². The number of carbonyl (C=O) groups excluding carboxylic acids is 3. The van der Waals surface area contributed by atoms with Crippen LogP contribution in [0.1, 0.15) is 95.6 Å². The summed E-state index contributed by atoms with van der Waals surface area (Å²) in [5, 5.41) is 11.9. The maximum absolute atomic E-state index is 13.6. The first kappa shape index (κ1) is 36.4. The number of nitrogens with zero attached hydrogens (tertiary/aromatic N) is 3. The fraction of sp³-hybridized carbons (Fsp3) is 0.700. The summed E-state index contributed by atoms with van der Waals surface area (Å²) in [5.74, 6) is 0.299. The van der Waals surface area contributed by atoms with Crippen molar-refractivity contribution < 1.29 is 23.9 Å². The molecule has 43 heavy (non-hydrogen) atoms. The van der Waals surface area contributed by atoms with E-state index < -0.39 is 18.2 Å². The summed E-state index contributed by atoms with van der Waals surface area (Å²) >= 11 is 3.01. The van der Waals surface area contributed by atoms with Gasteiger partial charge in [0.1, 0.15) is 12.6 Å². The molecule has 13 heteroatoms. The minimum Gasteiger partial charge on any atom is -0.444 e. The first-order valence-corrected chi connectivity index (χ1v) is 16.9. The molecule has 0 aliphatic rings. The molecular weight excluding hydrogens is 589 g/mol. The molecule has 0 fully saturated rings. The van der Waals surface area contributed by atoms with E-state index in [0.29, 0.717) is 38.3 Å². The van der Waals surface area contributed by atoms with Crippen LogP contribution >= 0.6 is 22.7 Å². The Morgan fingerprint density at radius 2 is 1.65 bits per heavy atom. The van der Waals surface area contributed by atoms with Crippen molar-refractivity contribution in [1.29, 1.82) is 0 Å². The van der Waals surface area contributed by atoms with E-state index in [-0.39, 0.29) is 36.5 Å². The van der Waals surface area contributed by atoms with Crippen LogP contribution < -0.4 is 16.0 Å². The van der Waals surface area contributed by atoms with Crippen LogP contribution in [0.5, 0.6) is 0 Å². The molecule has 0 radical (unpaired) electrons. The van der Waals surface area contributed by atoms with Gasteiger partial charge in [-0.25, -0.2) is 14.6 Å². The Hall–Kier alpha value is -2.77. The molecule has 0 saturated carbocycles. The SMILES string of the molecule is CC[C@@H](CC[C@H](CC)NC(=O)[C@@H](NC(=O)N(C)Cc1csc(C(C)C)n1)C(C)OCC(C)C)NC(=O)OCc1cncs1. The normalized spacial score (nSPS) is 14.2. The monoisotopic (exact) mass is 638 g/mol. The fourth-order valence-corrected chi connectivity index (χ4v) is 5.50. The summed E-state index contributed by atoms with van der Waals surface area (Å²) in [7, 11) is 1.69. The molecule has 2 rings (SSSR count). The van der Waals surface area contributed by atoms with Crippen molar-refractivity contribution in [2.24, 2.45) is 5.92 Å². The number of hydrogen-bond donors (Lipinski definition) is 3. The van der Waals surface area contributed by atoms with Gasteiger partial charge in [0.2, 0.25) is 5.91 Å². The van der Waals surface area contributed by atoms with Crippen LogP contribution in [0.25, 0.3) is 0 Å². The van der Waals surface area contributed by atoms with Crippen molar-refractivity contribution in [3.63, 3.8) is 0 Å². The van der Waals surface area contributed by atoms with Crippen LogP contribution in [-0.4, -0.2) is 70.8 Å². The summed E-state index contributed by atoms with van der Waals surface area (Å²) in [6.07, 6.45) is 3.40. The lowest BCUT2D eigenvalue weighted by Crippen LogP contribution is -2.57. The van der Waals surface area contributed by atoms with E-state index in [4.69, 9.17) is 9.47 Å². The molecule has 4 atom stereocenters. The number of alkyl carbamates (subject to hydrolysis) is 1. The first-order valence-electron chi connectivity index (χ1n) is 15.1. The third-order valence-electron chi connectivity index (χ3n) is 6.88. The average Bonchev–Trinajstić information content (AvgIpc) is 3.67. The summed E-state index contributed by atoms with van der Waals surface area (Å²) in [5.41, 5.74) is 2.51. The number of ether oxygens (including phenoxy) is 2. The number of urea groups is 1. The molecule has 2 aromatic rings. The summed E-state index contributed by atoms with van der Waals surface area (Å²) in [6, 6.07) is -1.50. The number of amides is 4.